The summed E-state index contributed by atoms with van der Waals surface area (Å²) < 4.78 is 0. The highest BCUT2D eigenvalue weighted by Crippen LogP contribution is 2.42. The van der Waals surface area contributed by atoms with Crippen LogP contribution < -0.4 is 10.2 Å². The van der Waals surface area contributed by atoms with Gasteiger partial charge in [-0.05, 0) is 45.1 Å². The van der Waals surface area contributed by atoms with Crippen molar-refractivity contribution in [3.05, 3.63) is 18.0 Å². The van der Waals surface area contributed by atoms with E-state index in [0.717, 1.165) is 51.4 Å². The first-order valence-electron chi connectivity index (χ1n) is 10.8. The Labute approximate surface area is 162 Å². The molecule has 0 bridgehead atoms. The van der Waals surface area contributed by atoms with Crippen molar-refractivity contribution < 1.29 is 4.79 Å². The molecule has 1 aliphatic carbocycles. The molecule has 1 amide bonds. The predicted octanol–water partition coefficient (Wildman–Crippen LogP) is 2.99. The Kier molecular flexibility index (Phi) is 5.62. The van der Waals surface area contributed by atoms with Gasteiger partial charge in [0.05, 0.1) is 5.56 Å². The molecule has 2 aliphatic heterocycles. The second kappa shape index (κ2) is 8.13. The van der Waals surface area contributed by atoms with Crippen molar-refractivity contribution in [2.45, 2.75) is 76.3 Å². The van der Waals surface area contributed by atoms with Gasteiger partial charge in [-0.15, -0.1) is 0 Å². The number of likely N-dealkylation sites (N-methyl/N-ethyl adjacent to an activating group) is 1. The van der Waals surface area contributed by atoms with Gasteiger partial charge in [0.15, 0.2) is 0 Å². The Hall–Kier alpha value is -1.69. The average molecular weight is 372 g/mol. The molecule has 1 aromatic heterocycles. The van der Waals surface area contributed by atoms with Crippen molar-refractivity contribution in [2.24, 2.45) is 0 Å². The van der Waals surface area contributed by atoms with Crippen LogP contribution in [0.1, 0.15) is 75.1 Å². The smallest absolute Gasteiger partial charge is 0.257 e. The lowest BCUT2D eigenvalue weighted by molar-refractivity contribution is 0.0499. The minimum Gasteiger partial charge on any atom is -0.341 e. The molecule has 0 aromatic carbocycles. The van der Waals surface area contributed by atoms with Crippen LogP contribution in [0, 0.1) is 0 Å². The third-order valence-corrected chi connectivity index (χ3v) is 6.65. The fourth-order valence-corrected chi connectivity index (χ4v) is 5.30. The number of amides is 1. The molecule has 1 saturated carbocycles. The SMILES string of the molecule is CCN[C@H]1CN(C(=O)c2cnc(N3CCCCC3)nc2)C2(CCCCC2)C1. The van der Waals surface area contributed by atoms with Crippen molar-refractivity contribution in [1.29, 1.82) is 0 Å². The van der Waals surface area contributed by atoms with Crippen LogP contribution >= 0.6 is 0 Å². The number of aromatic nitrogens is 2. The largest absolute Gasteiger partial charge is 0.341 e. The van der Waals surface area contributed by atoms with Crippen LogP contribution in [0.5, 0.6) is 0 Å². The molecular weight excluding hydrogens is 338 g/mol. The summed E-state index contributed by atoms with van der Waals surface area (Å²) in [5.41, 5.74) is 0.672. The van der Waals surface area contributed by atoms with E-state index in [0.29, 0.717) is 11.6 Å². The molecule has 0 radical (unpaired) electrons. The topological polar surface area (TPSA) is 61.4 Å². The van der Waals surface area contributed by atoms with Crippen LogP contribution in [-0.2, 0) is 0 Å². The molecule has 1 aromatic rings. The molecule has 6 nitrogen and oxygen atoms in total. The Balaban J connectivity index is 1.51. The molecule has 1 N–H and O–H groups in total. The minimum atomic E-state index is 0.0354. The maximum Gasteiger partial charge on any atom is 0.257 e. The number of anilines is 1. The van der Waals surface area contributed by atoms with Crippen LogP contribution in [-0.4, -0.2) is 58.5 Å². The van der Waals surface area contributed by atoms with Crippen LogP contribution in [0.25, 0.3) is 0 Å². The molecule has 2 saturated heterocycles. The Morgan fingerprint density at radius 1 is 1.11 bits per heavy atom. The molecule has 1 spiro atoms. The summed E-state index contributed by atoms with van der Waals surface area (Å²) in [6.45, 7) is 5.95. The zero-order chi connectivity index (χ0) is 18.7. The number of rotatable bonds is 4. The number of carbonyl (C=O) groups is 1. The lowest BCUT2D eigenvalue weighted by Crippen LogP contribution is -2.48. The highest BCUT2D eigenvalue weighted by Gasteiger charge is 2.48. The van der Waals surface area contributed by atoms with E-state index in [1.165, 1.54) is 38.5 Å². The molecule has 6 heteroatoms. The first-order valence-corrected chi connectivity index (χ1v) is 10.8. The number of nitrogens with zero attached hydrogens (tertiary/aromatic N) is 4. The van der Waals surface area contributed by atoms with Gasteiger partial charge in [-0.25, -0.2) is 9.97 Å². The normalized spacial score (nSPS) is 25.1. The zero-order valence-corrected chi connectivity index (χ0v) is 16.6. The molecular formula is C21H33N5O. The van der Waals surface area contributed by atoms with E-state index < -0.39 is 0 Å². The zero-order valence-electron chi connectivity index (χ0n) is 16.6. The van der Waals surface area contributed by atoms with Crippen molar-refractivity contribution >= 4 is 11.9 Å². The van der Waals surface area contributed by atoms with Crippen LogP contribution in [0.4, 0.5) is 5.95 Å². The van der Waals surface area contributed by atoms with Gasteiger partial charge in [-0.1, -0.05) is 26.2 Å². The molecule has 3 aliphatic rings. The molecule has 3 heterocycles. The van der Waals surface area contributed by atoms with Crippen molar-refractivity contribution in [3.8, 4) is 0 Å². The van der Waals surface area contributed by atoms with Gasteiger partial charge >= 0.3 is 0 Å². The second-order valence-electron chi connectivity index (χ2n) is 8.48. The molecule has 4 rings (SSSR count). The Morgan fingerprint density at radius 2 is 1.78 bits per heavy atom. The van der Waals surface area contributed by atoms with Gasteiger partial charge in [0.1, 0.15) is 0 Å². The molecule has 3 fully saturated rings. The maximum atomic E-state index is 13.4. The third kappa shape index (κ3) is 3.82. The number of piperidine rings is 1. The van der Waals surface area contributed by atoms with E-state index in [4.69, 9.17) is 0 Å². The Morgan fingerprint density at radius 3 is 2.44 bits per heavy atom. The fraction of sp³-hybridized carbons (Fsp3) is 0.762. The summed E-state index contributed by atoms with van der Waals surface area (Å²) in [5, 5.41) is 3.57. The number of hydrogen-bond acceptors (Lipinski definition) is 5. The van der Waals surface area contributed by atoms with Gasteiger partial charge in [0.25, 0.3) is 5.91 Å². The van der Waals surface area contributed by atoms with E-state index in [1.807, 2.05) is 0 Å². The first kappa shape index (κ1) is 18.7. The van der Waals surface area contributed by atoms with Gasteiger partial charge < -0.3 is 15.1 Å². The number of likely N-dealkylation sites (tertiary alicyclic amines) is 1. The van der Waals surface area contributed by atoms with Gasteiger partial charge in [-0.2, -0.15) is 0 Å². The monoisotopic (exact) mass is 371 g/mol. The predicted molar refractivity (Wildman–Crippen MR) is 107 cm³/mol. The van der Waals surface area contributed by atoms with E-state index in [1.54, 1.807) is 12.4 Å². The lowest BCUT2D eigenvalue weighted by Gasteiger charge is -2.41. The summed E-state index contributed by atoms with van der Waals surface area (Å²) in [7, 11) is 0. The number of carbonyl (C=O) groups excluding carboxylic acids is 1. The fourth-order valence-electron chi connectivity index (χ4n) is 5.30. The average Bonchev–Trinajstić information content (AvgIpc) is 3.06. The van der Waals surface area contributed by atoms with Crippen LogP contribution in [0.3, 0.4) is 0 Å². The summed E-state index contributed by atoms with van der Waals surface area (Å²) in [5.74, 6) is 0.882. The van der Waals surface area contributed by atoms with Crippen LogP contribution in [0.15, 0.2) is 12.4 Å². The highest BCUT2D eigenvalue weighted by atomic mass is 16.2. The number of nitrogens with one attached hydrogen (secondary N) is 1. The van der Waals surface area contributed by atoms with Crippen LogP contribution in [0.2, 0.25) is 0 Å². The van der Waals surface area contributed by atoms with Gasteiger partial charge in [-0.3, -0.25) is 4.79 Å². The standard InChI is InChI=1S/C21H33N5O/c1-2-22-18-13-21(9-5-3-6-10-21)26(16-18)19(27)17-14-23-20(24-15-17)25-11-7-4-8-12-25/h14-15,18,22H,2-13,16H2,1H3/t18-/m1/s1. The maximum absolute atomic E-state index is 13.4. The third-order valence-electron chi connectivity index (χ3n) is 6.65. The van der Waals surface area contributed by atoms with Gasteiger partial charge in [0, 0.05) is 43.6 Å². The first-order chi connectivity index (χ1) is 13.2. The van der Waals surface area contributed by atoms with Gasteiger partial charge in [0.2, 0.25) is 5.95 Å². The van der Waals surface area contributed by atoms with Crippen molar-refractivity contribution in [3.63, 3.8) is 0 Å². The lowest BCUT2D eigenvalue weighted by atomic mass is 9.79. The molecule has 27 heavy (non-hydrogen) atoms. The summed E-state index contributed by atoms with van der Waals surface area (Å²) in [6.07, 6.45) is 14.3. The van der Waals surface area contributed by atoms with E-state index in [9.17, 15) is 4.79 Å². The van der Waals surface area contributed by atoms with E-state index in [-0.39, 0.29) is 11.4 Å². The van der Waals surface area contributed by atoms with Crippen molar-refractivity contribution in [1.82, 2.24) is 20.2 Å². The summed E-state index contributed by atoms with van der Waals surface area (Å²) >= 11 is 0. The Bertz CT molecular complexity index is 634. The second-order valence-corrected chi connectivity index (χ2v) is 8.48. The summed E-state index contributed by atoms with van der Waals surface area (Å²) in [6, 6.07) is 0.408. The minimum absolute atomic E-state index is 0.0354. The molecule has 0 unspecified atom stereocenters. The number of hydrogen-bond donors (Lipinski definition) is 1. The molecule has 1 atom stereocenters. The molecule has 148 valence electrons. The summed E-state index contributed by atoms with van der Waals surface area (Å²) in [4.78, 5) is 26.8. The van der Waals surface area contributed by atoms with Crippen molar-refractivity contribution in [2.75, 3.05) is 31.1 Å². The van der Waals surface area contributed by atoms with E-state index >= 15 is 0 Å². The quantitative estimate of drug-likeness (QED) is 0.882. The van der Waals surface area contributed by atoms with E-state index in [2.05, 4.69) is 32.0 Å². The highest BCUT2D eigenvalue weighted by molar-refractivity contribution is 5.94.